The number of furan rings is 1. The van der Waals surface area contributed by atoms with Gasteiger partial charge in [0, 0.05) is 12.5 Å². The van der Waals surface area contributed by atoms with Gasteiger partial charge in [0.05, 0.1) is 31.8 Å². The summed E-state index contributed by atoms with van der Waals surface area (Å²) < 4.78 is 23.1. The van der Waals surface area contributed by atoms with Gasteiger partial charge in [-0.2, -0.15) is 0 Å². The Morgan fingerprint density at radius 1 is 1.03 bits per heavy atom. The van der Waals surface area contributed by atoms with Crippen LogP contribution in [0.3, 0.4) is 0 Å². The van der Waals surface area contributed by atoms with Crippen molar-refractivity contribution in [3.8, 4) is 11.5 Å². The molecule has 174 valence electrons. The second kappa shape index (κ2) is 10.1. The molecule has 1 fully saturated rings. The van der Waals surface area contributed by atoms with Crippen LogP contribution in [-0.4, -0.2) is 35.8 Å². The first-order chi connectivity index (χ1) is 15.9. The lowest BCUT2D eigenvalue weighted by atomic mass is 9.88. The van der Waals surface area contributed by atoms with Crippen molar-refractivity contribution in [1.29, 1.82) is 0 Å². The lowest BCUT2D eigenvalue weighted by molar-refractivity contribution is -0.0360. The van der Waals surface area contributed by atoms with Crippen LogP contribution in [0.25, 0.3) is 0 Å². The highest BCUT2D eigenvalue weighted by molar-refractivity contribution is 5.68. The minimum Gasteiger partial charge on any atom is -0.472 e. The van der Waals surface area contributed by atoms with Gasteiger partial charge in [-0.25, -0.2) is 4.79 Å². The first-order valence-electron chi connectivity index (χ1n) is 11.3. The summed E-state index contributed by atoms with van der Waals surface area (Å²) in [5.41, 5.74) is 1.60. The van der Waals surface area contributed by atoms with Crippen LogP contribution < -0.4 is 4.74 Å². The van der Waals surface area contributed by atoms with E-state index in [2.05, 4.69) is 0 Å². The molecule has 1 amide bonds. The maximum atomic E-state index is 12.6. The van der Waals surface area contributed by atoms with Gasteiger partial charge in [0.1, 0.15) is 17.1 Å². The Kier molecular flexibility index (Phi) is 7.04. The predicted molar refractivity (Wildman–Crippen MR) is 125 cm³/mol. The summed E-state index contributed by atoms with van der Waals surface area (Å²) in [6, 6.07) is 19.5. The molecule has 4 rings (SSSR count). The quantitative estimate of drug-likeness (QED) is 0.437. The molecule has 0 aliphatic carbocycles. The van der Waals surface area contributed by atoms with Crippen LogP contribution >= 0.6 is 0 Å². The molecule has 2 unspecified atom stereocenters. The van der Waals surface area contributed by atoms with Gasteiger partial charge in [0.25, 0.3) is 0 Å². The van der Waals surface area contributed by atoms with Crippen LogP contribution in [0.5, 0.6) is 11.5 Å². The number of nitrogens with zero attached hydrogens (tertiary/aromatic N) is 1. The number of likely N-dealkylation sites (tertiary alicyclic amines) is 1. The van der Waals surface area contributed by atoms with Crippen molar-refractivity contribution < 1.29 is 23.4 Å². The van der Waals surface area contributed by atoms with Crippen molar-refractivity contribution in [3.05, 3.63) is 84.3 Å². The van der Waals surface area contributed by atoms with Gasteiger partial charge in [0.2, 0.25) is 0 Å². The van der Waals surface area contributed by atoms with Crippen molar-refractivity contribution in [2.45, 2.75) is 51.4 Å². The third-order valence-corrected chi connectivity index (χ3v) is 5.55. The van der Waals surface area contributed by atoms with Gasteiger partial charge in [-0.05, 0) is 68.7 Å². The molecule has 0 N–H and O–H groups in total. The molecule has 1 aliphatic heterocycles. The standard InChI is InChI=1S/C27H31NO5/c1-27(2,3)33-26(29)28-15-13-24(21-14-16-30-19-21)25(17-28)31-18-20-9-11-23(12-10-20)32-22-7-5-4-6-8-22/h4-12,14,16,19,24-25H,13,15,17-18H2,1-3H3. The Morgan fingerprint density at radius 3 is 2.42 bits per heavy atom. The molecule has 0 radical (unpaired) electrons. The largest absolute Gasteiger partial charge is 0.472 e. The Balaban J connectivity index is 1.40. The zero-order valence-corrected chi connectivity index (χ0v) is 19.4. The number of para-hydroxylation sites is 1. The Hall–Kier alpha value is -3.25. The Morgan fingerprint density at radius 2 is 1.76 bits per heavy atom. The van der Waals surface area contributed by atoms with Crippen LogP contribution in [0.15, 0.2) is 77.6 Å². The molecule has 3 aromatic rings. The Labute approximate surface area is 195 Å². The van der Waals surface area contributed by atoms with Crippen molar-refractivity contribution >= 4 is 6.09 Å². The summed E-state index contributed by atoms with van der Waals surface area (Å²) in [5, 5.41) is 0. The minimum absolute atomic E-state index is 0.156. The third-order valence-electron chi connectivity index (χ3n) is 5.55. The minimum atomic E-state index is -0.529. The monoisotopic (exact) mass is 449 g/mol. The normalized spacial score (nSPS) is 18.7. The third kappa shape index (κ3) is 6.39. The van der Waals surface area contributed by atoms with Crippen molar-refractivity contribution in [1.82, 2.24) is 4.90 Å². The maximum absolute atomic E-state index is 12.6. The lowest BCUT2D eigenvalue weighted by Gasteiger charge is -2.38. The summed E-state index contributed by atoms with van der Waals surface area (Å²) in [5.74, 6) is 1.73. The van der Waals surface area contributed by atoms with E-state index in [9.17, 15) is 4.79 Å². The van der Waals surface area contributed by atoms with Crippen LogP contribution in [0, 0.1) is 0 Å². The molecule has 1 aromatic heterocycles. The van der Waals surface area contributed by atoms with E-state index in [0.29, 0.717) is 19.7 Å². The SMILES string of the molecule is CC(C)(C)OC(=O)N1CCC(c2ccoc2)C(OCc2ccc(Oc3ccccc3)cc2)C1. The van der Waals surface area contributed by atoms with E-state index in [1.807, 2.05) is 81.4 Å². The van der Waals surface area contributed by atoms with Gasteiger partial charge in [-0.3, -0.25) is 0 Å². The van der Waals surface area contributed by atoms with Crippen molar-refractivity contribution in [2.75, 3.05) is 13.1 Å². The van der Waals surface area contributed by atoms with E-state index in [4.69, 9.17) is 18.6 Å². The molecule has 1 saturated heterocycles. The number of carbonyl (C=O) groups excluding carboxylic acids is 1. The van der Waals surface area contributed by atoms with Crippen molar-refractivity contribution in [2.24, 2.45) is 0 Å². The molecule has 0 saturated carbocycles. The summed E-state index contributed by atoms with van der Waals surface area (Å²) in [7, 11) is 0. The molecular formula is C27H31NO5. The first-order valence-corrected chi connectivity index (χ1v) is 11.3. The lowest BCUT2D eigenvalue weighted by Crippen LogP contribution is -2.48. The second-order valence-electron chi connectivity index (χ2n) is 9.29. The topological polar surface area (TPSA) is 61.1 Å². The van der Waals surface area contributed by atoms with Gasteiger partial charge in [-0.1, -0.05) is 30.3 Å². The molecule has 6 nitrogen and oxygen atoms in total. The summed E-state index contributed by atoms with van der Waals surface area (Å²) in [4.78, 5) is 14.4. The number of hydrogen-bond acceptors (Lipinski definition) is 5. The fourth-order valence-electron chi connectivity index (χ4n) is 3.93. The molecule has 0 spiro atoms. The van der Waals surface area contributed by atoms with Crippen LogP contribution in [0.4, 0.5) is 4.79 Å². The molecule has 1 aliphatic rings. The molecular weight excluding hydrogens is 418 g/mol. The number of rotatable bonds is 6. The van der Waals surface area contributed by atoms with Gasteiger partial charge < -0.3 is 23.5 Å². The summed E-state index contributed by atoms with van der Waals surface area (Å²) >= 11 is 0. The van der Waals surface area contributed by atoms with Crippen LogP contribution in [0.1, 0.15) is 44.2 Å². The van der Waals surface area contributed by atoms with E-state index in [1.165, 1.54) is 0 Å². The molecule has 2 heterocycles. The van der Waals surface area contributed by atoms with Gasteiger partial charge in [-0.15, -0.1) is 0 Å². The first kappa shape index (κ1) is 22.9. The number of amides is 1. The van der Waals surface area contributed by atoms with E-state index in [0.717, 1.165) is 29.0 Å². The van der Waals surface area contributed by atoms with Gasteiger partial charge in [0.15, 0.2) is 0 Å². The average Bonchev–Trinajstić information content (AvgIpc) is 3.33. The van der Waals surface area contributed by atoms with E-state index >= 15 is 0 Å². The smallest absolute Gasteiger partial charge is 0.410 e. The summed E-state index contributed by atoms with van der Waals surface area (Å²) in [6.07, 6.45) is 3.76. The fourth-order valence-corrected chi connectivity index (χ4v) is 3.93. The second-order valence-corrected chi connectivity index (χ2v) is 9.29. The number of ether oxygens (including phenoxy) is 3. The molecule has 2 aromatic carbocycles. The zero-order chi connectivity index (χ0) is 23.3. The number of carbonyl (C=O) groups is 1. The maximum Gasteiger partial charge on any atom is 0.410 e. The highest BCUT2D eigenvalue weighted by Gasteiger charge is 2.35. The predicted octanol–water partition coefficient (Wildman–Crippen LogP) is 6.38. The highest BCUT2D eigenvalue weighted by Crippen LogP contribution is 2.32. The highest BCUT2D eigenvalue weighted by atomic mass is 16.6. The molecule has 33 heavy (non-hydrogen) atoms. The molecule has 6 heteroatoms. The Bertz CT molecular complexity index is 1010. The number of benzene rings is 2. The van der Waals surface area contributed by atoms with Gasteiger partial charge >= 0.3 is 6.09 Å². The number of piperidine rings is 1. The molecule has 2 atom stereocenters. The number of hydrogen-bond donors (Lipinski definition) is 0. The fraction of sp³-hybridized carbons (Fsp3) is 0.370. The molecule has 0 bridgehead atoms. The van der Waals surface area contributed by atoms with Crippen molar-refractivity contribution in [3.63, 3.8) is 0 Å². The summed E-state index contributed by atoms with van der Waals surface area (Å²) in [6.45, 7) is 7.16. The van der Waals surface area contributed by atoms with Crippen LogP contribution in [0.2, 0.25) is 0 Å². The van der Waals surface area contributed by atoms with E-state index in [1.54, 1.807) is 17.4 Å². The van der Waals surface area contributed by atoms with E-state index in [-0.39, 0.29) is 18.1 Å². The van der Waals surface area contributed by atoms with E-state index < -0.39 is 5.60 Å². The average molecular weight is 450 g/mol. The van der Waals surface area contributed by atoms with Crippen LogP contribution in [-0.2, 0) is 16.1 Å². The zero-order valence-electron chi connectivity index (χ0n) is 19.4.